The number of amidine groups is 1. The summed E-state index contributed by atoms with van der Waals surface area (Å²) >= 11 is 6.87. The highest BCUT2D eigenvalue weighted by atomic mass is 35.5. The Kier molecular flexibility index (Phi) is 6.26. The van der Waals surface area contributed by atoms with E-state index in [4.69, 9.17) is 11.6 Å². The van der Waals surface area contributed by atoms with Gasteiger partial charge in [-0.05, 0) is 30.2 Å². The number of hydrogen-bond acceptors (Lipinski definition) is 4. The standard InChI is InChI=1S/C19H16ClN3O3S/c20-13-7-4-8-14(10-13)21-16(24)11-27-19-22-17(25)15(18(26)23-19)9-12-5-2-1-3-6-12/h1-8,10,15H,9,11H2,(H,21,24)(H,22,23,25,26). The fourth-order valence-corrected chi connectivity index (χ4v) is 3.36. The zero-order chi connectivity index (χ0) is 19.2. The van der Waals surface area contributed by atoms with Crippen LogP contribution in [-0.2, 0) is 20.8 Å². The van der Waals surface area contributed by atoms with Crippen molar-refractivity contribution in [3.8, 4) is 0 Å². The molecule has 0 fully saturated rings. The van der Waals surface area contributed by atoms with Crippen molar-refractivity contribution >= 4 is 51.9 Å². The predicted octanol–water partition coefficient (Wildman–Crippen LogP) is 2.88. The summed E-state index contributed by atoms with van der Waals surface area (Å²) in [4.78, 5) is 40.4. The Hall–Kier alpha value is -2.64. The number of aliphatic imine (C=N–C) groups is 1. The minimum absolute atomic E-state index is 0.00224. The van der Waals surface area contributed by atoms with Gasteiger partial charge in [0.1, 0.15) is 5.92 Å². The monoisotopic (exact) mass is 401 g/mol. The third-order valence-corrected chi connectivity index (χ3v) is 4.90. The van der Waals surface area contributed by atoms with Crippen LogP contribution in [0.2, 0.25) is 5.02 Å². The zero-order valence-electron chi connectivity index (χ0n) is 14.1. The van der Waals surface area contributed by atoms with E-state index in [-0.39, 0.29) is 16.8 Å². The van der Waals surface area contributed by atoms with Gasteiger partial charge >= 0.3 is 0 Å². The highest BCUT2D eigenvalue weighted by Crippen LogP contribution is 2.18. The van der Waals surface area contributed by atoms with Crippen molar-refractivity contribution in [2.45, 2.75) is 6.42 Å². The number of rotatable bonds is 5. The number of thioether (sulfide) groups is 1. The van der Waals surface area contributed by atoms with Crippen LogP contribution in [0.5, 0.6) is 0 Å². The third-order valence-electron chi connectivity index (χ3n) is 3.79. The smallest absolute Gasteiger partial charge is 0.261 e. The molecule has 0 aromatic heterocycles. The number of halogens is 1. The first-order valence-corrected chi connectivity index (χ1v) is 9.53. The molecule has 0 saturated heterocycles. The maximum atomic E-state index is 12.3. The van der Waals surface area contributed by atoms with Gasteiger partial charge in [0.2, 0.25) is 11.8 Å². The number of benzene rings is 2. The van der Waals surface area contributed by atoms with E-state index in [2.05, 4.69) is 15.6 Å². The normalized spacial score (nSPS) is 16.5. The largest absolute Gasteiger partial charge is 0.325 e. The van der Waals surface area contributed by atoms with Crippen molar-refractivity contribution in [3.63, 3.8) is 0 Å². The summed E-state index contributed by atoms with van der Waals surface area (Å²) in [5.41, 5.74) is 1.46. The minimum Gasteiger partial charge on any atom is -0.325 e. The molecule has 27 heavy (non-hydrogen) atoms. The first-order chi connectivity index (χ1) is 13.0. The molecule has 1 unspecified atom stereocenters. The fourth-order valence-electron chi connectivity index (χ4n) is 2.51. The molecule has 1 aliphatic rings. The van der Waals surface area contributed by atoms with Gasteiger partial charge in [-0.3, -0.25) is 14.4 Å². The van der Waals surface area contributed by atoms with Crippen LogP contribution < -0.4 is 10.6 Å². The molecule has 2 aromatic rings. The Balaban J connectivity index is 1.55. The molecule has 1 atom stereocenters. The summed E-state index contributed by atoms with van der Waals surface area (Å²) in [5, 5.41) is 5.94. The van der Waals surface area contributed by atoms with Crippen LogP contribution in [0.1, 0.15) is 5.56 Å². The molecule has 0 spiro atoms. The molecule has 2 N–H and O–H groups in total. The molecule has 1 aliphatic heterocycles. The van der Waals surface area contributed by atoms with Gasteiger partial charge in [0, 0.05) is 10.7 Å². The van der Waals surface area contributed by atoms with Crippen molar-refractivity contribution in [2.24, 2.45) is 10.9 Å². The van der Waals surface area contributed by atoms with E-state index >= 15 is 0 Å². The van der Waals surface area contributed by atoms with Crippen molar-refractivity contribution in [1.82, 2.24) is 5.32 Å². The Morgan fingerprint density at radius 1 is 1.15 bits per heavy atom. The second-order valence-corrected chi connectivity index (χ2v) is 7.23. The summed E-state index contributed by atoms with van der Waals surface area (Å²) < 4.78 is 0. The molecule has 1 heterocycles. The van der Waals surface area contributed by atoms with Gasteiger partial charge in [0.15, 0.2) is 5.17 Å². The predicted molar refractivity (Wildman–Crippen MR) is 107 cm³/mol. The zero-order valence-corrected chi connectivity index (χ0v) is 15.7. The molecule has 6 nitrogen and oxygen atoms in total. The van der Waals surface area contributed by atoms with Crippen molar-refractivity contribution in [2.75, 3.05) is 11.1 Å². The second kappa shape index (κ2) is 8.83. The van der Waals surface area contributed by atoms with Gasteiger partial charge in [-0.15, -0.1) is 0 Å². The minimum atomic E-state index is -0.850. The van der Waals surface area contributed by atoms with Gasteiger partial charge in [-0.2, -0.15) is 4.99 Å². The number of hydrogen-bond donors (Lipinski definition) is 2. The average molecular weight is 402 g/mol. The molecule has 138 valence electrons. The van der Waals surface area contributed by atoms with E-state index in [1.54, 1.807) is 24.3 Å². The number of carbonyl (C=O) groups is 3. The van der Waals surface area contributed by atoms with Gasteiger partial charge in [-0.1, -0.05) is 59.8 Å². The molecule has 3 amide bonds. The van der Waals surface area contributed by atoms with E-state index in [0.717, 1.165) is 17.3 Å². The summed E-state index contributed by atoms with van der Waals surface area (Å²) in [6, 6.07) is 16.1. The summed E-state index contributed by atoms with van der Waals surface area (Å²) in [6.45, 7) is 0. The van der Waals surface area contributed by atoms with Gasteiger partial charge in [-0.25, -0.2) is 0 Å². The van der Waals surface area contributed by atoms with Crippen molar-refractivity contribution in [3.05, 3.63) is 65.2 Å². The van der Waals surface area contributed by atoms with Crippen LogP contribution in [0.3, 0.4) is 0 Å². The van der Waals surface area contributed by atoms with Gasteiger partial charge in [0.05, 0.1) is 5.75 Å². The lowest BCUT2D eigenvalue weighted by molar-refractivity contribution is -0.133. The first kappa shape index (κ1) is 19.1. The van der Waals surface area contributed by atoms with Crippen molar-refractivity contribution in [1.29, 1.82) is 0 Å². The van der Waals surface area contributed by atoms with Crippen LogP contribution in [0.25, 0.3) is 0 Å². The Morgan fingerprint density at radius 2 is 1.93 bits per heavy atom. The average Bonchev–Trinajstić information content (AvgIpc) is 2.64. The Bertz CT molecular complexity index is 902. The highest BCUT2D eigenvalue weighted by Gasteiger charge is 2.32. The first-order valence-electron chi connectivity index (χ1n) is 8.17. The topological polar surface area (TPSA) is 87.6 Å². The van der Waals surface area contributed by atoms with Crippen molar-refractivity contribution < 1.29 is 14.4 Å². The van der Waals surface area contributed by atoms with Crippen LogP contribution in [0, 0.1) is 5.92 Å². The second-order valence-electron chi connectivity index (χ2n) is 5.83. The van der Waals surface area contributed by atoms with Gasteiger partial charge < -0.3 is 10.6 Å². The number of nitrogens with one attached hydrogen (secondary N) is 2. The number of nitrogens with zero attached hydrogens (tertiary/aromatic N) is 1. The lowest BCUT2D eigenvalue weighted by Gasteiger charge is -2.19. The van der Waals surface area contributed by atoms with Crippen LogP contribution >= 0.6 is 23.4 Å². The Labute approximate surface area is 165 Å². The molecule has 0 bridgehead atoms. The number of carbonyl (C=O) groups excluding carboxylic acids is 3. The number of anilines is 1. The molecular weight excluding hydrogens is 386 g/mol. The maximum Gasteiger partial charge on any atom is 0.261 e. The Morgan fingerprint density at radius 3 is 2.63 bits per heavy atom. The van der Waals surface area contributed by atoms with Crippen LogP contribution in [-0.4, -0.2) is 28.6 Å². The van der Waals surface area contributed by atoms with E-state index in [0.29, 0.717) is 17.1 Å². The maximum absolute atomic E-state index is 12.3. The molecule has 8 heteroatoms. The van der Waals surface area contributed by atoms with E-state index < -0.39 is 17.7 Å². The molecule has 2 aromatic carbocycles. The molecule has 3 rings (SSSR count). The van der Waals surface area contributed by atoms with Crippen LogP contribution in [0.15, 0.2) is 59.6 Å². The number of amides is 3. The molecular formula is C19H16ClN3O3S. The van der Waals surface area contributed by atoms with E-state index in [9.17, 15) is 14.4 Å². The van der Waals surface area contributed by atoms with Gasteiger partial charge in [0.25, 0.3) is 5.91 Å². The van der Waals surface area contributed by atoms with Crippen LogP contribution in [0.4, 0.5) is 5.69 Å². The highest BCUT2D eigenvalue weighted by molar-refractivity contribution is 8.14. The lowest BCUT2D eigenvalue weighted by Crippen LogP contribution is -2.44. The third kappa shape index (κ3) is 5.42. The van der Waals surface area contributed by atoms with E-state index in [1.807, 2.05) is 30.3 Å². The van der Waals surface area contributed by atoms with E-state index in [1.165, 1.54) is 0 Å². The molecule has 0 saturated carbocycles. The molecule has 0 aliphatic carbocycles. The lowest BCUT2D eigenvalue weighted by atomic mass is 9.97. The SMILES string of the molecule is O=C(CSC1=NC(=O)C(Cc2ccccc2)C(=O)N1)Nc1cccc(Cl)c1. The summed E-state index contributed by atoms with van der Waals surface area (Å²) in [5.74, 6) is -2.05. The quantitative estimate of drug-likeness (QED) is 0.754. The fraction of sp³-hybridized carbons (Fsp3) is 0.158. The summed E-state index contributed by atoms with van der Waals surface area (Å²) in [7, 11) is 0. The molecule has 0 radical (unpaired) electrons. The summed E-state index contributed by atoms with van der Waals surface area (Å²) in [6.07, 6.45) is 0.294.